The number of halogens is 2. The van der Waals surface area contributed by atoms with Gasteiger partial charge in [-0.3, -0.25) is 0 Å². The first-order valence-corrected chi connectivity index (χ1v) is 8.84. The van der Waals surface area contributed by atoms with Crippen molar-refractivity contribution in [2.45, 2.75) is 13.5 Å². The van der Waals surface area contributed by atoms with Crippen molar-refractivity contribution < 1.29 is 19.0 Å². The maximum absolute atomic E-state index is 11.7. The highest BCUT2D eigenvalue weighted by atomic mass is 127. The van der Waals surface area contributed by atoms with Crippen LogP contribution in [-0.4, -0.2) is 19.7 Å². The number of carbonyl (C=O) groups excluding carboxylic acids is 1. The van der Waals surface area contributed by atoms with E-state index in [1.165, 1.54) is 7.11 Å². The molecule has 0 aromatic heterocycles. The Balaban J connectivity index is 2.27. The lowest BCUT2D eigenvalue weighted by Crippen LogP contribution is -2.06. The maximum Gasteiger partial charge on any atom is 0.338 e. The molecule has 0 saturated heterocycles. The van der Waals surface area contributed by atoms with Gasteiger partial charge in [-0.05, 0) is 59.3 Å². The van der Waals surface area contributed by atoms with E-state index in [0.29, 0.717) is 30.3 Å². The molecule has 2 rings (SSSR count). The van der Waals surface area contributed by atoms with Gasteiger partial charge in [0.15, 0.2) is 11.5 Å². The standard InChI is InChI=1S/C17H16BrIO4/c1-3-22-15-9-12(17(20)21-2)8-14(19)16(15)23-10-11-5-4-6-13(18)7-11/h4-9H,3,10H2,1-2H3. The molecule has 0 radical (unpaired) electrons. The highest BCUT2D eigenvalue weighted by Crippen LogP contribution is 2.35. The fraction of sp³-hybridized carbons (Fsp3) is 0.235. The number of esters is 1. The number of benzene rings is 2. The van der Waals surface area contributed by atoms with Crippen molar-refractivity contribution in [2.75, 3.05) is 13.7 Å². The van der Waals surface area contributed by atoms with Gasteiger partial charge in [0.05, 0.1) is 22.9 Å². The molecule has 0 aliphatic heterocycles. The van der Waals surface area contributed by atoms with E-state index in [-0.39, 0.29) is 0 Å². The molecule has 0 spiro atoms. The van der Waals surface area contributed by atoms with Crippen LogP contribution in [0.1, 0.15) is 22.8 Å². The fourth-order valence-corrected chi connectivity index (χ4v) is 3.19. The van der Waals surface area contributed by atoms with Gasteiger partial charge in [-0.25, -0.2) is 4.79 Å². The Bertz CT molecular complexity index is 703. The monoisotopic (exact) mass is 490 g/mol. The number of ether oxygens (including phenoxy) is 3. The van der Waals surface area contributed by atoms with Crippen molar-refractivity contribution in [3.05, 3.63) is 55.6 Å². The molecular formula is C17H16BrIO4. The van der Waals surface area contributed by atoms with E-state index >= 15 is 0 Å². The Kier molecular flexibility index (Phi) is 6.71. The fourth-order valence-electron chi connectivity index (χ4n) is 1.99. The summed E-state index contributed by atoms with van der Waals surface area (Å²) in [6, 6.07) is 11.3. The molecule has 0 bridgehead atoms. The predicted octanol–water partition coefficient (Wildman–Crippen LogP) is 4.82. The van der Waals surface area contributed by atoms with E-state index in [4.69, 9.17) is 14.2 Å². The molecule has 0 amide bonds. The number of methoxy groups -OCH3 is 1. The van der Waals surface area contributed by atoms with E-state index in [0.717, 1.165) is 13.6 Å². The summed E-state index contributed by atoms with van der Waals surface area (Å²) in [4.78, 5) is 11.7. The second-order valence-electron chi connectivity index (χ2n) is 4.63. The highest BCUT2D eigenvalue weighted by Gasteiger charge is 2.16. The first kappa shape index (κ1) is 18.1. The van der Waals surface area contributed by atoms with Crippen LogP contribution in [0.2, 0.25) is 0 Å². The lowest BCUT2D eigenvalue weighted by molar-refractivity contribution is 0.0600. The molecule has 0 N–H and O–H groups in total. The van der Waals surface area contributed by atoms with Crippen LogP contribution in [-0.2, 0) is 11.3 Å². The molecule has 0 aliphatic carbocycles. The van der Waals surface area contributed by atoms with Crippen LogP contribution < -0.4 is 9.47 Å². The molecular weight excluding hydrogens is 475 g/mol. The summed E-state index contributed by atoms with van der Waals surface area (Å²) in [5.74, 6) is 0.761. The van der Waals surface area contributed by atoms with E-state index < -0.39 is 5.97 Å². The van der Waals surface area contributed by atoms with Gasteiger partial charge in [0, 0.05) is 4.47 Å². The van der Waals surface area contributed by atoms with E-state index in [1.807, 2.05) is 31.2 Å². The first-order valence-electron chi connectivity index (χ1n) is 6.97. The van der Waals surface area contributed by atoms with E-state index in [1.54, 1.807) is 12.1 Å². The Labute approximate surface area is 157 Å². The number of hydrogen-bond acceptors (Lipinski definition) is 4. The summed E-state index contributed by atoms with van der Waals surface area (Å²) in [5, 5.41) is 0. The predicted molar refractivity (Wildman–Crippen MR) is 100 cm³/mol. The summed E-state index contributed by atoms with van der Waals surface area (Å²) in [6.45, 7) is 2.77. The Morgan fingerprint density at radius 2 is 2.00 bits per heavy atom. The summed E-state index contributed by atoms with van der Waals surface area (Å²) in [5.41, 5.74) is 1.48. The molecule has 0 heterocycles. The molecule has 0 saturated carbocycles. The van der Waals surface area contributed by atoms with E-state index in [9.17, 15) is 4.79 Å². The minimum Gasteiger partial charge on any atom is -0.490 e. The van der Waals surface area contributed by atoms with Gasteiger partial charge in [0.1, 0.15) is 6.61 Å². The molecule has 0 fully saturated rings. The molecule has 6 heteroatoms. The van der Waals surface area contributed by atoms with Gasteiger partial charge >= 0.3 is 5.97 Å². The van der Waals surface area contributed by atoms with Crippen molar-refractivity contribution in [3.63, 3.8) is 0 Å². The number of hydrogen-bond donors (Lipinski definition) is 0. The second-order valence-corrected chi connectivity index (χ2v) is 6.71. The topological polar surface area (TPSA) is 44.8 Å². The molecule has 23 heavy (non-hydrogen) atoms. The number of carbonyl (C=O) groups is 1. The van der Waals surface area contributed by atoms with Gasteiger partial charge in [-0.2, -0.15) is 0 Å². The Morgan fingerprint density at radius 1 is 1.22 bits per heavy atom. The molecule has 4 nitrogen and oxygen atoms in total. The normalized spacial score (nSPS) is 10.3. The van der Waals surface area contributed by atoms with Crippen LogP contribution in [0.4, 0.5) is 0 Å². The van der Waals surface area contributed by atoms with Crippen molar-refractivity contribution >= 4 is 44.5 Å². The van der Waals surface area contributed by atoms with Gasteiger partial charge in [0.2, 0.25) is 0 Å². The van der Waals surface area contributed by atoms with Crippen molar-refractivity contribution in [2.24, 2.45) is 0 Å². The largest absolute Gasteiger partial charge is 0.490 e. The molecule has 2 aromatic rings. The summed E-state index contributed by atoms with van der Waals surface area (Å²) in [7, 11) is 1.35. The molecule has 2 aromatic carbocycles. The SMILES string of the molecule is CCOc1cc(C(=O)OC)cc(I)c1OCc1cccc(Br)c1. The Morgan fingerprint density at radius 3 is 2.65 bits per heavy atom. The van der Waals surface area contributed by atoms with Crippen LogP contribution in [0.25, 0.3) is 0 Å². The first-order chi connectivity index (χ1) is 11.0. The average Bonchev–Trinajstić information content (AvgIpc) is 2.53. The van der Waals surface area contributed by atoms with Crippen molar-refractivity contribution in [1.82, 2.24) is 0 Å². The van der Waals surface area contributed by atoms with Crippen LogP contribution >= 0.6 is 38.5 Å². The van der Waals surface area contributed by atoms with E-state index in [2.05, 4.69) is 38.5 Å². The minimum absolute atomic E-state index is 0.401. The molecule has 122 valence electrons. The zero-order valence-electron chi connectivity index (χ0n) is 12.8. The maximum atomic E-state index is 11.7. The van der Waals surface area contributed by atoms with Gasteiger partial charge < -0.3 is 14.2 Å². The minimum atomic E-state index is -0.401. The third-order valence-electron chi connectivity index (χ3n) is 3.00. The second kappa shape index (κ2) is 8.54. The third kappa shape index (κ3) is 4.84. The third-order valence-corrected chi connectivity index (χ3v) is 4.30. The van der Waals surface area contributed by atoms with Crippen molar-refractivity contribution in [1.29, 1.82) is 0 Å². The molecule has 0 aliphatic rings. The van der Waals surface area contributed by atoms with Gasteiger partial charge in [-0.1, -0.05) is 28.1 Å². The van der Waals surface area contributed by atoms with Gasteiger partial charge in [-0.15, -0.1) is 0 Å². The summed E-state index contributed by atoms with van der Waals surface area (Å²) >= 11 is 5.57. The molecule has 0 atom stereocenters. The summed E-state index contributed by atoms with van der Waals surface area (Å²) in [6.07, 6.45) is 0. The zero-order valence-corrected chi connectivity index (χ0v) is 16.5. The average molecular weight is 491 g/mol. The smallest absolute Gasteiger partial charge is 0.338 e. The van der Waals surface area contributed by atoms with Crippen LogP contribution in [0.15, 0.2) is 40.9 Å². The Hall–Kier alpha value is -1.28. The zero-order chi connectivity index (χ0) is 16.8. The number of rotatable bonds is 6. The lowest BCUT2D eigenvalue weighted by Gasteiger charge is -2.15. The van der Waals surface area contributed by atoms with Crippen LogP contribution in [0.3, 0.4) is 0 Å². The van der Waals surface area contributed by atoms with Crippen LogP contribution in [0, 0.1) is 3.57 Å². The quantitative estimate of drug-likeness (QED) is 0.430. The van der Waals surface area contributed by atoms with Crippen molar-refractivity contribution in [3.8, 4) is 11.5 Å². The van der Waals surface area contributed by atoms with Crippen LogP contribution in [0.5, 0.6) is 11.5 Å². The lowest BCUT2D eigenvalue weighted by atomic mass is 10.2. The highest BCUT2D eigenvalue weighted by molar-refractivity contribution is 14.1. The molecule has 0 unspecified atom stereocenters. The van der Waals surface area contributed by atoms with Gasteiger partial charge in [0.25, 0.3) is 0 Å². The summed E-state index contributed by atoms with van der Waals surface area (Å²) < 4.78 is 18.1.